The third kappa shape index (κ3) is 6.08. The zero-order valence-electron chi connectivity index (χ0n) is 16.8. The van der Waals surface area contributed by atoms with E-state index in [0.29, 0.717) is 19.7 Å². The Morgan fingerprint density at radius 2 is 1.91 bits per heavy atom. The third-order valence-corrected chi connectivity index (χ3v) is 5.88. The first kappa shape index (κ1) is 25.1. The van der Waals surface area contributed by atoms with Crippen LogP contribution in [0.4, 0.5) is 11.6 Å². The number of benzene rings is 2. The van der Waals surface area contributed by atoms with Crippen LogP contribution >= 0.6 is 55.1 Å². The molecular formula is C21H15Br2Cl2N3O5. The van der Waals surface area contributed by atoms with E-state index in [4.69, 9.17) is 32.4 Å². The van der Waals surface area contributed by atoms with Crippen molar-refractivity contribution in [2.24, 2.45) is 5.10 Å². The number of nitrogens with one attached hydrogen (secondary N) is 2. The molecule has 0 unspecified atom stereocenters. The summed E-state index contributed by atoms with van der Waals surface area (Å²) in [6, 6.07) is 9.62. The number of halogens is 4. The lowest BCUT2D eigenvalue weighted by atomic mass is 10.2. The third-order valence-electron chi connectivity index (χ3n) is 4.06. The van der Waals surface area contributed by atoms with Crippen LogP contribution in [0.2, 0.25) is 10.0 Å². The molecule has 0 aliphatic heterocycles. The lowest BCUT2D eigenvalue weighted by molar-refractivity contribution is 0.0527. The Bertz CT molecular complexity index is 1220. The van der Waals surface area contributed by atoms with Crippen molar-refractivity contribution >= 4 is 84.7 Å². The van der Waals surface area contributed by atoms with Gasteiger partial charge in [0.05, 0.1) is 21.8 Å². The Morgan fingerprint density at radius 1 is 1.21 bits per heavy atom. The first-order chi connectivity index (χ1) is 15.7. The largest absolute Gasteiger partial charge is 0.506 e. The van der Waals surface area contributed by atoms with E-state index in [1.807, 2.05) is 0 Å². The molecule has 33 heavy (non-hydrogen) atoms. The van der Waals surface area contributed by atoms with Gasteiger partial charge in [-0.1, -0.05) is 29.3 Å². The molecule has 3 rings (SSSR count). The predicted molar refractivity (Wildman–Crippen MR) is 133 cm³/mol. The van der Waals surface area contributed by atoms with Crippen molar-refractivity contribution in [3.8, 4) is 5.75 Å². The van der Waals surface area contributed by atoms with Crippen LogP contribution in [0.25, 0.3) is 0 Å². The summed E-state index contributed by atoms with van der Waals surface area (Å²) in [5, 5.41) is 17.0. The van der Waals surface area contributed by atoms with E-state index < -0.39 is 11.9 Å². The van der Waals surface area contributed by atoms with Crippen LogP contribution in [-0.2, 0) is 4.74 Å². The van der Waals surface area contributed by atoms with E-state index in [2.05, 4.69) is 47.7 Å². The molecular weight excluding hydrogens is 605 g/mol. The first-order valence-corrected chi connectivity index (χ1v) is 11.6. The average Bonchev–Trinajstić information content (AvgIpc) is 3.06. The number of hydrazone groups is 1. The molecule has 2 aromatic carbocycles. The van der Waals surface area contributed by atoms with E-state index in [-0.39, 0.29) is 40.2 Å². The number of furan rings is 1. The summed E-state index contributed by atoms with van der Waals surface area (Å²) in [6.07, 6.45) is 1.15. The highest BCUT2D eigenvalue weighted by molar-refractivity contribution is 9.11. The summed E-state index contributed by atoms with van der Waals surface area (Å²) in [5.41, 5.74) is 3.07. The molecule has 0 bridgehead atoms. The number of amides is 1. The topological polar surface area (TPSA) is 113 Å². The highest BCUT2D eigenvalue weighted by atomic mass is 79.9. The van der Waals surface area contributed by atoms with Gasteiger partial charge in [-0.3, -0.25) is 4.79 Å². The second-order valence-electron chi connectivity index (χ2n) is 6.33. The molecule has 0 radical (unpaired) electrons. The SMILES string of the molecule is CCOC(=O)c1c(Nc2cccc(Cl)c2)oc(/C=N\NC(=O)c2cc(Br)c(O)c(Br)c2)c1Cl. The molecule has 0 aliphatic rings. The predicted octanol–water partition coefficient (Wildman–Crippen LogP) is 6.50. The standard InChI is InChI=1S/C21H15Br2Cl2N3O5/c1-2-32-21(31)16-17(25)15(33-20(16)27-12-5-3-4-11(24)8-12)9-26-28-19(30)10-6-13(22)18(29)14(23)7-10/h3-9,27,29H,2H2,1H3,(H,28,30)/b26-9-. The van der Waals surface area contributed by atoms with E-state index in [1.54, 1.807) is 31.2 Å². The van der Waals surface area contributed by atoms with Gasteiger partial charge in [0.2, 0.25) is 5.88 Å². The number of nitrogens with zero attached hydrogens (tertiary/aromatic N) is 1. The Morgan fingerprint density at radius 3 is 2.55 bits per heavy atom. The van der Waals surface area contributed by atoms with Gasteiger partial charge in [-0.05, 0) is 69.1 Å². The number of hydrogen-bond donors (Lipinski definition) is 3. The Balaban J connectivity index is 1.85. The number of carbonyl (C=O) groups is 2. The average molecular weight is 620 g/mol. The Hall–Kier alpha value is -2.53. The van der Waals surface area contributed by atoms with Gasteiger partial charge < -0.3 is 19.6 Å². The monoisotopic (exact) mass is 617 g/mol. The van der Waals surface area contributed by atoms with Crippen molar-refractivity contribution in [3.05, 3.63) is 72.3 Å². The van der Waals surface area contributed by atoms with Gasteiger partial charge in [0.25, 0.3) is 5.91 Å². The summed E-state index contributed by atoms with van der Waals surface area (Å²) in [7, 11) is 0. The fourth-order valence-corrected chi connectivity index (χ4v) is 4.22. The molecule has 1 aromatic heterocycles. The molecule has 0 aliphatic carbocycles. The minimum atomic E-state index is -0.696. The van der Waals surface area contributed by atoms with Crippen LogP contribution in [0.5, 0.6) is 5.75 Å². The van der Waals surface area contributed by atoms with E-state index in [1.165, 1.54) is 12.1 Å². The second kappa shape index (κ2) is 11.1. The second-order valence-corrected chi connectivity index (χ2v) is 8.85. The van der Waals surface area contributed by atoms with Crippen LogP contribution in [0.15, 0.2) is 54.9 Å². The molecule has 1 heterocycles. The van der Waals surface area contributed by atoms with Crippen LogP contribution in [-0.4, -0.2) is 29.8 Å². The maximum atomic E-state index is 12.4. The number of aromatic hydroxyl groups is 1. The number of carbonyl (C=O) groups excluding carboxylic acids is 2. The number of esters is 1. The van der Waals surface area contributed by atoms with E-state index in [0.717, 1.165) is 6.21 Å². The zero-order valence-corrected chi connectivity index (χ0v) is 21.5. The van der Waals surface area contributed by atoms with Crippen molar-refractivity contribution in [3.63, 3.8) is 0 Å². The van der Waals surface area contributed by atoms with Gasteiger partial charge in [-0.2, -0.15) is 5.10 Å². The molecule has 0 saturated heterocycles. The molecule has 0 spiro atoms. The van der Waals surface area contributed by atoms with Gasteiger partial charge in [0.15, 0.2) is 5.76 Å². The molecule has 0 atom stereocenters. The minimum absolute atomic E-state index is 0.0117. The van der Waals surface area contributed by atoms with Crippen molar-refractivity contribution in [2.75, 3.05) is 11.9 Å². The number of hydrogen-bond acceptors (Lipinski definition) is 7. The quantitative estimate of drug-likeness (QED) is 0.158. The fraction of sp³-hybridized carbons (Fsp3) is 0.0952. The smallest absolute Gasteiger partial charge is 0.345 e. The highest BCUT2D eigenvalue weighted by Crippen LogP contribution is 2.35. The number of phenolic OH excluding ortho intramolecular Hbond substituents is 1. The molecule has 0 fully saturated rings. The lowest BCUT2D eigenvalue weighted by Gasteiger charge is -2.06. The summed E-state index contributed by atoms with van der Waals surface area (Å²) in [6.45, 7) is 1.79. The van der Waals surface area contributed by atoms with Crippen molar-refractivity contribution in [1.29, 1.82) is 0 Å². The summed E-state index contributed by atoms with van der Waals surface area (Å²) < 4.78 is 11.4. The van der Waals surface area contributed by atoms with Crippen molar-refractivity contribution < 1.29 is 23.8 Å². The molecule has 1 amide bonds. The molecule has 3 aromatic rings. The fourth-order valence-electron chi connectivity index (χ4n) is 2.59. The molecule has 12 heteroatoms. The van der Waals surface area contributed by atoms with E-state index >= 15 is 0 Å². The van der Waals surface area contributed by atoms with Crippen LogP contribution in [0, 0.1) is 0 Å². The van der Waals surface area contributed by atoms with Crippen LogP contribution in [0.3, 0.4) is 0 Å². The summed E-state index contributed by atoms with van der Waals surface area (Å²) in [4.78, 5) is 24.8. The number of phenols is 1. The lowest BCUT2D eigenvalue weighted by Crippen LogP contribution is -2.17. The zero-order chi connectivity index (χ0) is 24.1. The molecule has 172 valence electrons. The van der Waals surface area contributed by atoms with Gasteiger partial charge in [0, 0.05) is 16.3 Å². The van der Waals surface area contributed by atoms with E-state index in [9.17, 15) is 14.7 Å². The van der Waals surface area contributed by atoms with Crippen molar-refractivity contribution in [1.82, 2.24) is 5.43 Å². The van der Waals surface area contributed by atoms with Gasteiger partial charge >= 0.3 is 5.97 Å². The minimum Gasteiger partial charge on any atom is -0.506 e. The maximum absolute atomic E-state index is 12.4. The summed E-state index contributed by atoms with van der Waals surface area (Å²) >= 11 is 18.7. The van der Waals surface area contributed by atoms with Gasteiger partial charge in [-0.15, -0.1) is 0 Å². The highest BCUT2D eigenvalue weighted by Gasteiger charge is 2.25. The maximum Gasteiger partial charge on any atom is 0.345 e. The first-order valence-electron chi connectivity index (χ1n) is 9.24. The normalized spacial score (nSPS) is 10.9. The van der Waals surface area contributed by atoms with Crippen LogP contribution < -0.4 is 10.7 Å². The Kier molecular flexibility index (Phi) is 8.41. The molecule has 8 nitrogen and oxygen atoms in total. The molecule has 3 N–H and O–H groups in total. The number of anilines is 2. The van der Waals surface area contributed by atoms with Crippen molar-refractivity contribution in [2.45, 2.75) is 6.92 Å². The summed E-state index contributed by atoms with van der Waals surface area (Å²) in [5.74, 6) is -1.25. The number of ether oxygens (including phenoxy) is 1. The van der Waals surface area contributed by atoms with Gasteiger partial charge in [-0.25, -0.2) is 10.2 Å². The van der Waals surface area contributed by atoms with Crippen LogP contribution in [0.1, 0.15) is 33.4 Å². The Labute approximate surface area is 215 Å². The molecule has 0 saturated carbocycles. The number of rotatable bonds is 7. The van der Waals surface area contributed by atoms with Gasteiger partial charge in [0.1, 0.15) is 16.3 Å².